The van der Waals surface area contributed by atoms with Gasteiger partial charge in [-0.05, 0) is 29.8 Å². The molecule has 0 aliphatic rings. The van der Waals surface area contributed by atoms with E-state index >= 15 is 0 Å². The second-order valence-corrected chi connectivity index (χ2v) is 8.70. The van der Waals surface area contributed by atoms with E-state index in [1.807, 2.05) is 13.0 Å². The number of allylic oxidation sites excluding steroid dienone is 1. The zero-order chi connectivity index (χ0) is 18.6. The Bertz CT molecular complexity index is 1080. The first kappa shape index (κ1) is 18.0. The molecule has 11 heteroatoms. The molecule has 0 saturated heterocycles. The van der Waals surface area contributed by atoms with Gasteiger partial charge in [-0.3, -0.25) is 0 Å². The van der Waals surface area contributed by atoms with E-state index in [1.165, 1.54) is 6.20 Å². The number of hydrogen-bond donors (Lipinski definition) is 2. The lowest BCUT2D eigenvalue weighted by atomic mass is 10.3. The molecule has 1 aromatic carbocycles. The van der Waals surface area contributed by atoms with Crippen LogP contribution in [0.25, 0.3) is 15.8 Å². The largest absolute Gasteiger partial charge is 0.360 e. The minimum atomic E-state index is -3.35. The molecule has 2 aromatic heterocycles. The highest BCUT2D eigenvalue weighted by atomic mass is 32.2. The topological polar surface area (TPSA) is 137 Å². The van der Waals surface area contributed by atoms with Gasteiger partial charge < -0.3 is 5.32 Å². The molecule has 0 amide bonds. The van der Waals surface area contributed by atoms with Crippen molar-refractivity contribution in [3.63, 3.8) is 0 Å². The van der Waals surface area contributed by atoms with Gasteiger partial charge in [0.1, 0.15) is 11.6 Å². The molecule has 0 spiro atoms. The van der Waals surface area contributed by atoms with Crippen molar-refractivity contribution in [3.8, 4) is 6.07 Å². The fourth-order valence-corrected chi connectivity index (χ4v) is 4.97. The normalized spacial score (nSPS) is 12.2. The third-order valence-electron chi connectivity index (χ3n) is 3.49. The predicted octanol–water partition coefficient (Wildman–Crippen LogP) is 2.36. The smallest absolute Gasteiger partial charge is 0.216 e. The van der Waals surface area contributed by atoms with Crippen LogP contribution in [0.1, 0.15) is 25.6 Å². The number of sulfone groups is 1. The van der Waals surface area contributed by atoms with Crippen molar-refractivity contribution in [3.05, 3.63) is 30.2 Å². The number of aromatic amines is 1. The molecule has 0 fully saturated rings. The van der Waals surface area contributed by atoms with Crippen LogP contribution in [-0.4, -0.2) is 39.8 Å². The van der Waals surface area contributed by atoms with E-state index in [9.17, 15) is 8.42 Å². The summed E-state index contributed by atoms with van der Waals surface area (Å²) in [6.07, 6.45) is 2.89. The van der Waals surface area contributed by atoms with Crippen molar-refractivity contribution in [2.75, 3.05) is 11.1 Å². The molecule has 3 aromatic rings. The number of benzene rings is 1. The van der Waals surface area contributed by atoms with Gasteiger partial charge in [0.2, 0.25) is 20.0 Å². The molecule has 26 heavy (non-hydrogen) atoms. The summed E-state index contributed by atoms with van der Waals surface area (Å²) < 4.78 is 25.5. The summed E-state index contributed by atoms with van der Waals surface area (Å²) in [4.78, 5) is 4.23. The number of hydrogen-bond acceptors (Lipinski definition) is 9. The zero-order valence-corrected chi connectivity index (χ0v) is 15.4. The summed E-state index contributed by atoms with van der Waals surface area (Å²) >= 11 is 1.14. The Morgan fingerprint density at radius 2 is 2.31 bits per heavy atom. The number of nitrogens with zero attached hydrogens (tertiary/aromatic N) is 5. The van der Waals surface area contributed by atoms with Gasteiger partial charge >= 0.3 is 0 Å². The highest BCUT2D eigenvalue weighted by Crippen LogP contribution is 2.29. The average Bonchev–Trinajstić information content (AvgIpc) is 3.30. The van der Waals surface area contributed by atoms with Crippen molar-refractivity contribution in [1.29, 1.82) is 5.26 Å². The average molecular weight is 389 g/mol. The Morgan fingerprint density at radius 1 is 1.46 bits per heavy atom. The molecule has 0 saturated carbocycles. The van der Waals surface area contributed by atoms with Crippen molar-refractivity contribution < 1.29 is 8.42 Å². The first-order chi connectivity index (χ1) is 12.5. The van der Waals surface area contributed by atoms with E-state index in [-0.39, 0.29) is 21.5 Å². The van der Waals surface area contributed by atoms with Crippen LogP contribution in [0.4, 0.5) is 5.69 Å². The van der Waals surface area contributed by atoms with Crippen LogP contribution in [0.2, 0.25) is 0 Å². The van der Waals surface area contributed by atoms with E-state index < -0.39 is 9.84 Å². The molecule has 0 aliphatic carbocycles. The number of fused-ring (bicyclic) bond motifs is 1. The summed E-state index contributed by atoms with van der Waals surface area (Å²) in [7, 11) is -3.35. The van der Waals surface area contributed by atoms with Gasteiger partial charge in [-0.15, -0.1) is 21.5 Å². The lowest BCUT2D eigenvalue weighted by Crippen LogP contribution is -2.05. The second-order valence-electron chi connectivity index (χ2n) is 5.38. The third-order valence-corrected chi connectivity index (χ3v) is 6.77. The summed E-state index contributed by atoms with van der Waals surface area (Å²) in [6, 6.07) is 7.26. The number of rotatable bonds is 7. The molecule has 0 atom stereocenters. The molecule has 3 rings (SSSR count). The first-order valence-electron chi connectivity index (χ1n) is 7.77. The number of H-pyrrole nitrogens is 1. The first-order valence-corrected chi connectivity index (χ1v) is 10.2. The molecule has 0 radical (unpaired) electrons. The number of thiazole rings is 1. The Kier molecular flexibility index (Phi) is 5.24. The number of nitrogens with one attached hydrogen (secondary N) is 2. The quantitative estimate of drug-likeness (QED) is 0.587. The summed E-state index contributed by atoms with van der Waals surface area (Å²) in [6.45, 7) is 1.95. The van der Waals surface area contributed by atoms with Gasteiger partial charge in [0.05, 0.1) is 16.0 Å². The number of aromatic nitrogens is 5. The standard InChI is InChI=1S/C15H15N7O2S2/c1-2-3-6-26(23,24)15-18-12-5-4-11(7-13(12)25-15)17-9-10(8-16)14-19-21-22-20-14/h4-5,7,9,17H,2-3,6H2,1H3,(H,19,20,21,22). The van der Waals surface area contributed by atoms with Gasteiger partial charge in [-0.2, -0.15) is 10.5 Å². The molecule has 0 bridgehead atoms. The lowest BCUT2D eigenvalue weighted by molar-refractivity contribution is 0.592. The molecular formula is C15H15N7O2S2. The maximum absolute atomic E-state index is 12.3. The Morgan fingerprint density at radius 3 is 3.00 bits per heavy atom. The number of anilines is 1. The molecule has 9 nitrogen and oxygen atoms in total. The molecule has 2 N–H and O–H groups in total. The van der Waals surface area contributed by atoms with Crippen molar-refractivity contribution in [2.24, 2.45) is 0 Å². The zero-order valence-electron chi connectivity index (χ0n) is 13.8. The van der Waals surface area contributed by atoms with E-state index in [4.69, 9.17) is 5.26 Å². The predicted molar refractivity (Wildman–Crippen MR) is 98.0 cm³/mol. The maximum atomic E-state index is 12.3. The fourth-order valence-electron chi connectivity index (χ4n) is 2.13. The Labute approximate surface area is 153 Å². The van der Waals surface area contributed by atoms with Gasteiger partial charge in [0, 0.05) is 11.9 Å². The highest BCUT2D eigenvalue weighted by Gasteiger charge is 2.19. The second kappa shape index (κ2) is 7.59. The van der Waals surface area contributed by atoms with E-state index in [0.29, 0.717) is 17.6 Å². The number of tetrazole rings is 1. The van der Waals surface area contributed by atoms with Crippen LogP contribution in [0.15, 0.2) is 28.7 Å². The number of nitriles is 1. The van der Waals surface area contributed by atoms with Crippen LogP contribution < -0.4 is 5.32 Å². The van der Waals surface area contributed by atoms with Gasteiger partial charge in [0.15, 0.2) is 0 Å². The fraction of sp³-hybridized carbons (Fsp3) is 0.267. The van der Waals surface area contributed by atoms with Crippen molar-refractivity contribution in [1.82, 2.24) is 25.6 Å². The van der Waals surface area contributed by atoms with E-state index in [0.717, 1.165) is 22.5 Å². The van der Waals surface area contributed by atoms with Crippen LogP contribution in [-0.2, 0) is 9.84 Å². The van der Waals surface area contributed by atoms with Crippen molar-refractivity contribution >= 4 is 42.7 Å². The molecule has 2 heterocycles. The van der Waals surface area contributed by atoms with Gasteiger partial charge in [-0.1, -0.05) is 13.3 Å². The van der Waals surface area contributed by atoms with E-state index in [1.54, 1.807) is 18.2 Å². The Balaban J connectivity index is 1.85. The monoisotopic (exact) mass is 389 g/mol. The summed E-state index contributed by atoms with van der Waals surface area (Å²) in [5, 5.41) is 25.3. The Hall–Kier alpha value is -2.84. The van der Waals surface area contributed by atoms with Crippen LogP contribution in [0.5, 0.6) is 0 Å². The molecule has 0 unspecified atom stereocenters. The van der Waals surface area contributed by atoms with E-state index in [2.05, 4.69) is 30.9 Å². The third kappa shape index (κ3) is 3.87. The van der Waals surface area contributed by atoms with Gasteiger partial charge in [0.25, 0.3) is 0 Å². The summed E-state index contributed by atoms with van der Waals surface area (Å²) in [5.74, 6) is 0.288. The minimum absolute atomic E-state index is 0.105. The number of unbranched alkanes of at least 4 members (excludes halogenated alkanes) is 1. The van der Waals surface area contributed by atoms with Crippen molar-refractivity contribution in [2.45, 2.75) is 24.1 Å². The van der Waals surface area contributed by atoms with Gasteiger partial charge in [-0.25, -0.2) is 13.4 Å². The minimum Gasteiger partial charge on any atom is -0.360 e. The van der Waals surface area contributed by atoms with Crippen LogP contribution >= 0.6 is 11.3 Å². The summed E-state index contributed by atoms with van der Waals surface area (Å²) in [5.41, 5.74) is 1.53. The SMILES string of the molecule is CCCCS(=O)(=O)c1nc2ccc(NC=C(C#N)c3nn[nH]n3)cc2s1. The molecular weight excluding hydrogens is 374 g/mol. The molecule has 0 aliphatic heterocycles. The highest BCUT2D eigenvalue weighted by molar-refractivity contribution is 7.93. The lowest BCUT2D eigenvalue weighted by Gasteiger charge is -2.00. The maximum Gasteiger partial charge on any atom is 0.216 e. The van der Waals surface area contributed by atoms with Crippen LogP contribution in [0.3, 0.4) is 0 Å². The molecule has 134 valence electrons. The van der Waals surface area contributed by atoms with Crippen LogP contribution in [0, 0.1) is 11.3 Å².